The number of aromatic nitrogens is 2. The Kier molecular flexibility index (Phi) is 13.0. The minimum Gasteiger partial charge on any atom is -0.345 e. The standard InChI is InChI=1S/C32H34FN3O2.C6H5F.C2H6/c1-35(2)32(38)25-14-10-22(11-15-25)8-9-23-12-16-26(20-27(33)18-23)31-34-29-19-24(21-37)13-17-30(29)36(31)28-6-4-3-5-7-28;7-6-4-2-1-3-5-6;1-2/h10-19,21,28H,3-9,20H2,1-2H3;1-5H;1-2H3. The molecule has 0 aliphatic heterocycles. The van der Waals surface area contributed by atoms with Gasteiger partial charge in [-0.1, -0.05) is 75.6 Å². The number of carbonyl (C=O) groups excluding carboxylic acids is 2. The molecule has 0 spiro atoms. The van der Waals surface area contributed by atoms with Gasteiger partial charge >= 0.3 is 0 Å². The van der Waals surface area contributed by atoms with E-state index in [0.29, 0.717) is 23.6 Å². The topological polar surface area (TPSA) is 55.2 Å². The first kappa shape index (κ1) is 35.2. The number of nitrogens with zero attached hydrogens (tertiary/aromatic N) is 3. The predicted octanol–water partition coefficient (Wildman–Crippen LogP) is 10.1. The molecule has 1 heterocycles. The number of halogens is 2. The summed E-state index contributed by atoms with van der Waals surface area (Å²) in [7, 11) is 3.48. The van der Waals surface area contributed by atoms with Crippen molar-refractivity contribution in [2.24, 2.45) is 0 Å². The molecule has 0 bridgehead atoms. The Morgan fingerprint density at radius 3 is 2.23 bits per heavy atom. The Hall–Kier alpha value is -4.65. The normalized spacial score (nSPS) is 14.7. The second-order valence-electron chi connectivity index (χ2n) is 11.9. The molecule has 1 fully saturated rings. The molecule has 6 rings (SSSR count). The number of benzene rings is 3. The van der Waals surface area contributed by atoms with Crippen LogP contribution in [-0.2, 0) is 6.42 Å². The SMILES string of the molecule is CC.CN(C)C(=O)c1ccc(CCC2=CC=C(c3nc4cc(C=O)ccc4n3C3CCCCC3)CC(F)=C2)cc1.Fc1ccccc1. The first-order valence-corrected chi connectivity index (χ1v) is 16.6. The summed E-state index contributed by atoms with van der Waals surface area (Å²) in [5.74, 6) is 0.426. The van der Waals surface area contributed by atoms with Gasteiger partial charge in [-0.25, -0.2) is 13.8 Å². The summed E-state index contributed by atoms with van der Waals surface area (Å²) in [4.78, 5) is 30.0. The summed E-state index contributed by atoms with van der Waals surface area (Å²) >= 11 is 0. The lowest BCUT2D eigenvalue weighted by molar-refractivity contribution is 0.0827. The molecule has 246 valence electrons. The maximum Gasteiger partial charge on any atom is 0.253 e. The number of aldehydes is 1. The van der Waals surface area contributed by atoms with Gasteiger partial charge in [-0.15, -0.1) is 0 Å². The number of imidazole rings is 1. The fourth-order valence-electron chi connectivity index (χ4n) is 5.96. The van der Waals surface area contributed by atoms with Crippen LogP contribution >= 0.6 is 0 Å². The Labute approximate surface area is 277 Å². The van der Waals surface area contributed by atoms with Crippen molar-refractivity contribution in [1.29, 1.82) is 0 Å². The number of aryl methyl sites for hydroxylation is 1. The van der Waals surface area contributed by atoms with Gasteiger partial charge in [0.05, 0.1) is 11.0 Å². The molecule has 1 amide bonds. The fraction of sp³-hybridized carbons (Fsp3) is 0.325. The first-order chi connectivity index (χ1) is 22.8. The largest absolute Gasteiger partial charge is 0.345 e. The average Bonchev–Trinajstić information content (AvgIpc) is 3.38. The van der Waals surface area contributed by atoms with Crippen molar-refractivity contribution in [2.75, 3.05) is 14.1 Å². The van der Waals surface area contributed by atoms with Gasteiger partial charge in [0.1, 0.15) is 23.8 Å². The summed E-state index contributed by atoms with van der Waals surface area (Å²) in [5.41, 5.74) is 5.93. The minimum absolute atomic E-state index is 0.0210. The zero-order valence-corrected chi connectivity index (χ0v) is 27.9. The molecule has 0 unspecified atom stereocenters. The molecule has 47 heavy (non-hydrogen) atoms. The summed E-state index contributed by atoms with van der Waals surface area (Å²) in [5, 5.41) is 0. The molecule has 1 aromatic heterocycles. The van der Waals surface area contributed by atoms with Crippen LogP contribution in [0.15, 0.2) is 102 Å². The third-order valence-electron chi connectivity index (χ3n) is 8.32. The lowest BCUT2D eigenvalue weighted by Gasteiger charge is -2.26. The number of hydrogen-bond acceptors (Lipinski definition) is 3. The molecule has 3 aromatic carbocycles. The summed E-state index contributed by atoms with van der Waals surface area (Å²) in [6.07, 6.45) is 13.9. The van der Waals surface area contributed by atoms with E-state index in [0.717, 1.165) is 59.1 Å². The van der Waals surface area contributed by atoms with Crippen LogP contribution in [0, 0.1) is 5.82 Å². The molecule has 0 radical (unpaired) electrons. The number of fused-ring (bicyclic) bond motifs is 1. The number of carbonyl (C=O) groups is 2. The van der Waals surface area contributed by atoms with Gasteiger partial charge < -0.3 is 9.47 Å². The van der Waals surface area contributed by atoms with Gasteiger partial charge in [0.25, 0.3) is 5.91 Å². The minimum atomic E-state index is -0.178. The first-order valence-electron chi connectivity index (χ1n) is 16.6. The van der Waals surface area contributed by atoms with Gasteiger partial charge in [-0.3, -0.25) is 9.59 Å². The van der Waals surface area contributed by atoms with Crippen molar-refractivity contribution < 1.29 is 18.4 Å². The zero-order chi connectivity index (χ0) is 33.8. The Bertz CT molecular complexity index is 1730. The molecular weight excluding hydrogens is 592 g/mol. The van der Waals surface area contributed by atoms with Crippen LogP contribution in [0.3, 0.4) is 0 Å². The van der Waals surface area contributed by atoms with Crippen LogP contribution in [0.1, 0.15) is 96.9 Å². The van der Waals surface area contributed by atoms with Gasteiger partial charge in [-0.05, 0) is 85.4 Å². The van der Waals surface area contributed by atoms with E-state index < -0.39 is 0 Å². The van der Waals surface area contributed by atoms with Crippen LogP contribution in [0.5, 0.6) is 0 Å². The van der Waals surface area contributed by atoms with Crippen molar-refractivity contribution in [3.63, 3.8) is 0 Å². The van der Waals surface area contributed by atoms with Crippen LogP contribution in [0.2, 0.25) is 0 Å². The number of allylic oxidation sites excluding steroid dienone is 6. The van der Waals surface area contributed by atoms with E-state index in [9.17, 15) is 14.0 Å². The molecule has 2 aliphatic carbocycles. The molecule has 0 N–H and O–H groups in total. The highest BCUT2D eigenvalue weighted by Crippen LogP contribution is 2.37. The monoisotopic (exact) mass is 637 g/mol. The Balaban J connectivity index is 0.000000486. The third-order valence-corrected chi connectivity index (χ3v) is 8.32. The molecule has 7 heteroatoms. The van der Waals surface area contributed by atoms with E-state index in [1.165, 1.54) is 31.4 Å². The van der Waals surface area contributed by atoms with E-state index >= 15 is 4.39 Å². The summed E-state index contributed by atoms with van der Waals surface area (Å²) in [6.45, 7) is 4.00. The average molecular weight is 638 g/mol. The van der Waals surface area contributed by atoms with E-state index in [-0.39, 0.29) is 24.0 Å². The van der Waals surface area contributed by atoms with Gasteiger partial charge in [0.15, 0.2) is 0 Å². The maximum atomic E-state index is 15.2. The Morgan fingerprint density at radius 1 is 0.915 bits per heavy atom. The highest BCUT2D eigenvalue weighted by Gasteiger charge is 2.24. The molecule has 0 saturated heterocycles. The van der Waals surface area contributed by atoms with Crippen LogP contribution in [0.4, 0.5) is 8.78 Å². The second kappa shape index (κ2) is 17.3. The quantitative estimate of drug-likeness (QED) is 0.190. The van der Waals surface area contributed by atoms with E-state index in [4.69, 9.17) is 4.98 Å². The third kappa shape index (κ3) is 9.44. The Morgan fingerprint density at radius 2 is 1.62 bits per heavy atom. The van der Waals surface area contributed by atoms with Gasteiger partial charge in [-0.2, -0.15) is 0 Å². The second-order valence-corrected chi connectivity index (χ2v) is 11.9. The summed E-state index contributed by atoms with van der Waals surface area (Å²) < 4.78 is 29.4. The van der Waals surface area contributed by atoms with Crippen LogP contribution in [-0.4, -0.2) is 40.7 Å². The molecule has 2 aliphatic rings. The zero-order valence-electron chi connectivity index (χ0n) is 27.9. The fourth-order valence-corrected chi connectivity index (χ4v) is 5.96. The van der Waals surface area contributed by atoms with Crippen molar-refractivity contribution in [3.8, 4) is 0 Å². The molecule has 1 saturated carbocycles. The van der Waals surface area contributed by atoms with Gasteiger partial charge in [0.2, 0.25) is 0 Å². The van der Waals surface area contributed by atoms with E-state index in [1.54, 1.807) is 43.3 Å². The van der Waals surface area contributed by atoms with Crippen molar-refractivity contribution >= 4 is 28.8 Å². The lowest BCUT2D eigenvalue weighted by Crippen LogP contribution is -2.21. The molecule has 0 atom stereocenters. The van der Waals surface area contributed by atoms with Crippen molar-refractivity contribution in [2.45, 2.75) is 71.3 Å². The number of hydrogen-bond donors (Lipinski definition) is 0. The highest BCUT2D eigenvalue weighted by molar-refractivity contribution is 5.93. The highest BCUT2D eigenvalue weighted by atomic mass is 19.1. The van der Waals surface area contributed by atoms with E-state index in [1.807, 2.05) is 68.5 Å². The molecule has 5 nitrogen and oxygen atoms in total. The number of amides is 1. The smallest absolute Gasteiger partial charge is 0.253 e. The molecular formula is C40H45F2N3O2. The van der Waals surface area contributed by atoms with Gasteiger partial charge in [0, 0.05) is 43.3 Å². The molecule has 4 aromatic rings. The number of rotatable bonds is 7. The van der Waals surface area contributed by atoms with Crippen LogP contribution < -0.4 is 0 Å². The predicted molar refractivity (Wildman–Crippen MR) is 188 cm³/mol. The maximum absolute atomic E-state index is 15.2. The summed E-state index contributed by atoms with van der Waals surface area (Å²) in [6, 6.07) is 21.5. The van der Waals surface area contributed by atoms with Crippen molar-refractivity contribution in [1.82, 2.24) is 14.5 Å². The van der Waals surface area contributed by atoms with Crippen LogP contribution in [0.25, 0.3) is 16.6 Å². The lowest BCUT2D eigenvalue weighted by atomic mass is 9.94. The van der Waals surface area contributed by atoms with Crippen molar-refractivity contribution in [3.05, 3.63) is 131 Å². The van der Waals surface area contributed by atoms with E-state index in [2.05, 4.69) is 4.57 Å².